The Morgan fingerprint density at radius 3 is 2.83 bits per heavy atom. The first-order valence-corrected chi connectivity index (χ1v) is 8.55. The van der Waals surface area contributed by atoms with Crippen molar-refractivity contribution >= 4 is 17.2 Å². The van der Waals surface area contributed by atoms with E-state index in [0.29, 0.717) is 23.3 Å². The fourth-order valence-corrected chi connectivity index (χ4v) is 3.64. The molecule has 1 saturated heterocycles. The van der Waals surface area contributed by atoms with E-state index >= 15 is 0 Å². The van der Waals surface area contributed by atoms with Gasteiger partial charge in [0.15, 0.2) is 0 Å². The molecule has 1 atom stereocenters. The number of aromatic nitrogens is 2. The van der Waals surface area contributed by atoms with E-state index in [-0.39, 0.29) is 5.56 Å². The van der Waals surface area contributed by atoms with Gasteiger partial charge in [0.05, 0.1) is 10.7 Å². The Morgan fingerprint density at radius 2 is 2.00 bits per heavy atom. The highest BCUT2D eigenvalue weighted by molar-refractivity contribution is 6.30. The molecule has 3 heterocycles. The second-order valence-corrected chi connectivity index (χ2v) is 6.64. The van der Waals surface area contributed by atoms with Gasteiger partial charge in [0.2, 0.25) is 0 Å². The average Bonchev–Trinajstić information content (AvgIpc) is 3.04. The van der Waals surface area contributed by atoms with Crippen LogP contribution in [0.1, 0.15) is 30.1 Å². The maximum Gasteiger partial charge on any atom is 0.258 e. The quantitative estimate of drug-likeness (QED) is 0.730. The number of hydrogen-bond donors (Lipinski definition) is 0. The fourth-order valence-electron chi connectivity index (χ4n) is 3.48. The van der Waals surface area contributed by atoms with E-state index in [4.69, 9.17) is 11.6 Å². The summed E-state index contributed by atoms with van der Waals surface area (Å²) in [5.74, 6) is 0. The average molecular weight is 340 g/mol. The number of halogens is 1. The van der Waals surface area contributed by atoms with Crippen LogP contribution in [0, 0.1) is 0 Å². The van der Waals surface area contributed by atoms with Gasteiger partial charge in [-0.25, -0.2) is 4.98 Å². The number of rotatable bonds is 3. The van der Waals surface area contributed by atoms with E-state index in [9.17, 15) is 4.79 Å². The van der Waals surface area contributed by atoms with Crippen molar-refractivity contribution in [3.8, 4) is 0 Å². The standard InChI is InChI=1S/C19H18ClN3O/c20-15-8-9-18-21-16(11-19(24)23(18)12-15)13-22-10-4-7-17(22)14-5-2-1-3-6-14/h1-3,5-6,8-9,11-12,17H,4,7,10,13H2. The molecule has 0 spiro atoms. The van der Waals surface area contributed by atoms with Crippen LogP contribution in [0.4, 0.5) is 0 Å². The second kappa shape index (κ2) is 6.38. The molecule has 0 bridgehead atoms. The van der Waals surface area contributed by atoms with Crippen LogP contribution < -0.4 is 5.56 Å². The van der Waals surface area contributed by atoms with Gasteiger partial charge in [0.25, 0.3) is 5.56 Å². The summed E-state index contributed by atoms with van der Waals surface area (Å²) in [5.41, 5.74) is 2.69. The third kappa shape index (κ3) is 2.95. The van der Waals surface area contributed by atoms with Crippen molar-refractivity contribution in [1.29, 1.82) is 0 Å². The molecule has 5 heteroatoms. The summed E-state index contributed by atoms with van der Waals surface area (Å²) in [5, 5.41) is 0.530. The number of nitrogens with zero attached hydrogens (tertiary/aromatic N) is 3. The van der Waals surface area contributed by atoms with Gasteiger partial charge >= 0.3 is 0 Å². The van der Waals surface area contributed by atoms with Crippen molar-refractivity contribution in [2.45, 2.75) is 25.4 Å². The molecule has 4 rings (SSSR count). The van der Waals surface area contributed by atoms with Crippen LogP contribution in [0.5, 0.6) is 0 Å². The van der Waals surface area contributed by atoms with Crippen molar-refractivity contribution in [3.05, 3.63) is 81.4 Å². The molecule has 1 fully saturated rings. The Hall–Kier alpha value is -2.17. The highest BCUT2D eigenvalue weighted by Crippen LogP contribution is 2.32. The van der Waals surface area contributed by atoms with Gasteiger partial charge in [0, 0.05) is 24.8 Å². The molecule has 0 aliphatic carbocycles. The predicted octanol–water partition coefficient (Wildman–Crippen LogP) is 3.69. The highest BCUT2D eigenvalue weighted by atomic mass is 35.5. The summed E-state index contributed by atoms with van der Waals surface area (Å²) in [6, 6.07) is 16.1. The van der Waals surface area contributed by atoms with Gasteiger partial charge in [-0.15, -0.1) is 0 Å². The molecule has 1 aliphatic heterocycles. The Balaban J connectivity index is 1.64. The number of pyridine rings is 1. The van der Waals surface area contributed by atoms with Gasteiger partial charge in [-0.1, -0.05) is 41.9 Å². The summed E-state index contributed by atoms with van der Waals surface area (Å²) in [6.07, 6.45) is 3.92. The third-order valence-corrected chi connectivity index (χ3v) is 4.81. The summed E-state index contributed by atoms with van der Waals surface area (Å²) in [6.45, 7) is 1.72. The first-order valence-electron chi connectivity index (χ1n) is 8.17. The normalized spacial score (nSPS) is 18.3. The molecule has 1 aliphatic rings. The number of hydrogen-bond acceptors (Lipinski definition) is 3. The predicted molar refractivity (Wildman–Crippen MR) is 95.3 cm³/mol. The molecule has 1 aromatic carbocycles. The van der Waals surface area contributed by atoms with Crippen molar-refractivity contribution < 1.29 is 0 Å². The van der Waals surface area contributed by atoms with Crippen LogP contribution in [-0.2, 0) is 6.54 Å². The van der Waals surface area contributed by atoms with Gasteiger partial charge in [0.1, 0.15) is 5.65 Å². The molecule has 3 aromatic rings. The van der Waals surface area contributed by atoms with Crippen LogP contribution in [0.3, 0.4) is 0 Å². The lowest BCUT2D eigenvalue weighted by Gasteiger charge is -2.24. The molecule has 122 valence electrons. The van der Waals surface area contributed by atoms with E-state index in [1.165, 1.54) is 16.4 Å². The number of benzene rings is 1. The molecule has 1 unspecified atom stereocenters. The summed E-state index contributed by atoms with van der Waals surface area (Å²) in [4.78, 5) is 19.4. The zero-order valence-electron chi connectivity index (χ0n) is 13.2. The van der Waals surface area contributed by atoms with Crippen LogP contribution in [0.25, 0.3) is 5.65 Å². The highest BCUT2D eigenvalue weighted by Gasteiger charge is 2.26. The van der Waals surface area contributed by atoms with E-state index in [0.717, 1.165) is 18.7 Å². The van der Waals surface area contributed by atoms with E-state index in [2.05, 4.69) is 34.1 Å². The van der Waals surface area contributed by atoms with E-state index in [1.54, 1.807) is 24.4 Å². The van der Waals surface area contributed by atoms with Crippen LogP contribution in [-0.4, -0.2) is 20.8 Å². The van der Waals surface area contributed by atoms with E-state index in [1.807, 2.05) is 6.07 Å². The summed E-state index contributed by atoms with van der Waals surface area (Å²) >= 11 is 5.96. The number of fused-ring (bicyclic) bond motifs is 1. The smallest absolute Gasteiger partial charge is 0.258 e. The minimum Gasteiger partial charge on any atom is -0.291 e. The van der Waals surface area contributed by atoms with Gasteiger partial charge in [-0.2, -0.15) is 0 Å². The zero-order chi connectivity index (χ0) is 16.5. The first kappa shape index (κ1) is 15.4. The van der Waals surface area contributed by atoms with Crippen molar-refractivity contribution in [3.63, 3.8) is 0 Å². The largest absolute Gasteiger partial charge is 0.291 e. The Bertz CT molecular complexity index is 923. The summed E-state index contributed by atoms with van der Waals surface area (Å²) < 4.78 is 1.49. The lowest BCUT2D eigenvalue weighted by Crippen LogP contribution is -2.25. The maximum atomic E-state index is 12.3. The molecular weight excluding hydrogens is 322 g/mol. The molecule has 0 amide bonds. The fraction of sp³-hybridized carbons (Fsp3) is 0.263. The Kier molecular flexibility index (Phi) is 4.08. The topological polar surface area (TPSA) is 37.6 Å². The van der Waals surface area contributed by atoms with E-state index < -0.39 is 0 Å². The van der Waals surface area contributed by atoms with Gasteiger partial charge < -0.3 is 0 Å². The van der Waals surface area contributed by atoms with Crippen molar-refractivity contribution in [2.75, 3.05) is 6.54 Å². The lowest BCUT2D eigenvalue weighted by molar-refractivity contribution is 0.245. The SMILES string of the molecule is O=c1cc(CN2CCCC2c2ccccc2)nc2ccc(Cl)cn12. The second-order valence-electron chi connectivity index (χ2n) is 6.20. The Morgan fingerprint density at radius 1 is 1.17 bits per heavy atom. The van der Waals surface area contributed by atoms with Crippen LogP contribution in [0.15, 0.2) is 59.5 Å². The molecule has 0 N–H and O–H groups in total. The minimum absolute atomic E-state index is 0.0899. The van der Waals surface area contributed by atoms with Crippen molar-refractivity contribution in [1.82, 2.24) is 14.3 Å². The third-order valence-electron chi connectivity index (χ3n) is 4.59. The molecule has 2 aromatic heterocycles. The first-order chi connectivity index (χ1) is 11.7. The lowest BCUT2D eigenvalue weighted by atomic mass is 10.0. The Labute approximate surface area is 145 Å². The molecule has 0 saturated carbocycles. The molecule has 24 heavy (non-hydrogen) atoms. The monoisotopic (exact) mass is 339 g/mol. The maximum absolute atomic E-state index is 12.3. The molecular formula is C19H18ClN3O. The molecule has 0 radical (unpaired) electrons. The van der Waals surface area contributed by atoms with Crippen LogP contribution in [0.2, 0.25) is 5.02 Å². The molecule has 4 nitrogen and oxygen atoms in total. The minimum atomic E-state index is -0.0899. The van der Waals surface area contributed by atoms with Crippen LogP contribution >= 0.6 is 11.6 Å². The van der Waals surface area contributed by atoms with Gasteiger partial charge in [-0.3, -0.25) is 14.1 Å². The summed E-state index contributed by atoms with van der Waals surface area (Å²) in [7, 11) is 0. The van der Waals surface area contributed by atoms with Gasteiger partial charge in [-0.05, 0) is 37.1 Å². The zero-order valence-corrected chi connectivity index (χ0v) is 14.0. The van der Waals surface area contributed by atoms with Crippen molar-refractivity contribution in [2.24, 2.45) is 0 Å². The number of likely N-dealkylation sites (tertiary alicyclic amines) is 1.